The van der Waals surface area contributed by atoms with E-state index < -0.39 is 65.7 Å². The van der Waals surface area contributed by atoms with E-state index in [-0.39, 0.29) is 36.0 Å². The topological polar surface area (TPSA) is 189 Å². The van der Waals surface area contributed by atoms with Crippen molar-refractivity contribution in [1.82, 2.24) is 4.90 Å². The van der Waals surface area contributed by atoms with Crippen molar-refractivity contribution in [2.24, 2.45) is 0 Å². The van der Waals surface area contributed by atoms with Crippen LogP contribution in [0.3, 0.4) is 0 Å². The monoisotopic (exact) mass is 713 g/mol. The Labute approximate surface area is 299 Å². The van der Waals surface area contributed by atoms with Gasteiger partial charge in [0.2, 0.25) is 12.2 Å². The van der Waals surface area contributed by atoms with Gasteiger partial charge in [0, 0.05) is 34.7 Å². The average molecular weight is 714 g/mol. The summed E-state index contributed by atoms with van der Waals surface area (Å²) in [6.45, 7) is 0.432. The molecule has 3 aromatic rings. The van der Waals surface area contributed by atoms with E-state index in [1.165, 1.54) is 24.3 Å². The van der Waals surface area contributed by atoms with Crippen LogP contribution in [-0.2, 0) is 51.8 Å². The second kappa shape index (κ2) is 13.8. The van der Waals surface area contributed by atoms with Crippen LogP contribution >= 0.6 is 0 Å². The molecule has 2 bridgehead atoms. The first-order valence-corrected chi connectivity index (χ1v) is 17.2. The number of hydrogen-bond acceptors (Lipinski definition) is 12. The normalized spacial score (nSPS) is 26.0. The molecule has 272 valence electrons. The van der Waals surface area contributed by atoms with Gasteiger partial charge in [0.25, 0.3) is 0 Å². The van der Waals surface area contributed by atoms with Gasteiger partial charge in [-0.1, -0.05) is 72.8 Å². The molecule has 3 aromatic carbocycles. The van der Waals surface area contributed by atoms with E-state index >= 15 is 0 Å². The molecule has 4 N–H and O–H groups in total. The molecular formula is C39H39NO12. The third-order valence-corrected chi connectivity index (χ3v) is 10.8. The number of carboxylic acid groups (broad SMARTS) is 1. The van der Waals surface area contributed by atoms with Gasteiger partial charge in [0.15, 0.2) is 12.2 Å². The summed E-state index contributed by atoms with van der Waals surface area (Å²) >= 11 is 0. The third kappa shape index (κ3) is 5.83. The molecule has 2 aliphatic heterocycles. The molecule has 0 unspecified atom stereocenters. The van der Waals surface area contributed by atoms with Gasteiger partial charge >= 0.3 is 23.9 Å². The molecule has 4 aliphatic rings. The molecule has 0 amide bonds. The Balaban J connectivity index is 1.09. The van der Waals surface area contributed by atoms with E-state index in [0.29, 0.717) is 24.2 Å². The first-order valence-electron chi connectivity index (χ1n) is 17.2. The molecule has 2 aliphatic carbocycles. The van der Waals surface area contributed by atoms with Crippen LogP contribution in [0.25, 0.3) is 0 Å². The summed E-state index contributed by atoms with van der Waals surface area (Å²) in [6.07, 6.45) is -3.77. The zero-order valence-electron chi connectivity index (χ0n) is 28.3. The van der Waals surface area contributed by atoms with E-state index in [2.05, 4.69) is 4.90 Å². The number of ether oxygens (including phenoxy) is 4. The minimum absolute atomic E-state index is 0.0738. The summed E-state index contributed by atoms with van der Waals surface area (Å²) in [5.74, 6) is -4.43. The Morgan fingerprint density at radius 3 is 2.27 bits per heavy atom. The predicted molar refractivity (Wildman–Crippen MR) is 180 cm³/mol. The van der Waals surface area contributed by atoms with Crippen LogP contribution in [0, 0.1) is 0 Å². The quantitative estimate of drug-likeness (QED) is 0.168. The average Bonchev–Trinajstić information content (AvgIpc) is 3.48. The lowest BCUT2D eigenvalue weighted by molar-refractivity contribution is -0.179. The fourth-order valence-electron chi connectivity index (χ4n) is 8.44. The van der Waals surface area contributed by atoms with Crippen LogP contribution in [0.4, 0.5) is 0 Å². The maximum absolute atomic E-state index is 13.4. The molecule has 0 aromatic heterocycles. The number of aliphatic hydroxyl groups is 3. The lowest BCUT2D eigenvalue weighted by Gasteiger charge is -2.56. The van der Waals surface area contributed by atoms with Crippen molar-refractivity contribution in [2.75, 3.05) is 13.6 Å². The largest absolute Gasteiger partial charge is 0.481 e. The minimum Gasteiger partial charge on any atom is -0.481 e. The first-order chi connectivity index (χ1) is 25.0. The number of nitrogens with zero attached hydrogens (tertiary/aromatic N) is 1. The van der Waals surface area contributed by atoms with E-state index in [0.717, 1.165) is 24.1 Å². The van der Waals surface area contributed by atoms with Crippen LogP contribution in [-0.4, -0.2) is 86.6 Å². The van der Waals surface area contributed by atoms with E-state index in [1.807, 2.05) is 13.1 Å². The highest BCUT2D eigenvalue weighted by molar-refractivity contribution is 5.86. The van der Waals surface area contributed by atoms with Gasteiger partial charge in [-0.3, -0.25) is 4.79 Å². The molecule has 1 fully saturated rings. The second-order valence-electron chi connectivity index (χ2n) is 13.7. The van der Waals surface area contributed by atoms with E-state index in [4.69, 9.17) is 18.9 Å². The number of rotatable bonds is 11. The molecule has 0 saturated carbocycles. The van der Waals surface area contributed by atoms with Crippen LogP contribution in [0.1, 0.15) is 65.7 Å². The first kappa shape index (κ1) is 35.3. The molecule has 1 saturated heterocycles. The molecular weight excluding hydrogens is 674 g/mol. The Kier molecular flexibility index (Phi) is 9.38. The molecule has 1 spiro atoms. The van der Waals surface area contributed by atoms with Crippen LogP contribution < -0.4 is 4.74 Å². The number of likely N-dealkylation sites (N-methyl/N-ethyl adjacent to an activating group) is 1. The van der Waals surface area contributed by atoms with Gasteiger partial charge in [-0.25, -0.2) is 14.4 Å². The van der Waals surface area contributed by atoms with Crippen LogP contribution in [0.15, 0.2) is 84.6 Å². The van der Waals surface area contributed by atoms with Gasteiger partial charge in [-0.05, 0) is 44.5 Å². The lowest BCUT2D eigenvalue weighted by Crippen LogP contribution is -2.69. The molecule has 7 atom stereocenters. The summed E-state index contributed by atoms with van der Waals surface area (Å²) in [5.41, 5.74) is 0.412. The molecule has 7 rings (SSSR count). The maximum atomic E-state index is 13.4. The van der Waals surface area contributed by atoms with Crippen molar-refractivity contribution < 1.29 is 58.6 Å². The molecule has 13 heteroatoms. The van der Waals surface area contributed by atoms with Gasteiger partial charge in [-0.2, -0.15) is 0 Å². The van der Waals surface area contributed by atoms with Crippen LogP contribution in [0.5, 0.6) is 5.75 Å². The Morgan fingerprint density at radius 1 is 0.942 bits per heavy atom. The fraction of sp³-hybridized carbons (Fsp3) is 0.385. The maximum Gasteiger partial charge on any atom is 0.353 e. The lowest BCUT2D eigenvalue weighted by atomic mass is 9.52. The fourth-order valence-corrected chi connectivity index (χ4v) is 8.44. The SMILES string of the molecule is CN1CCC[C@]23c4c5ccc(CO)c4O[C@H]2C(OC(=O)[C@@H](O)CC(=O)O[C@H](C(=O)O[C@H](C(=O)O)c2ccccc2)c2ccccc2)=CC[C@@]3(O)[C@H]1C5. The molecule has 52 heavy (non-hydrogen) atoms. The summed E-state index contributed by atoms with van der Waals surface area (Å²) in [7, 11) is 1.98. The van der Waals surface area contributed by atoms with Gasteiger partial charge in [0.05, 0.1) is 24.0 Å². The summed E-state index contributed by atoms with van der Waals surface area (Å²) < 4.78 is 22.9. The van der Waals surface area contributed by atoms with Gasteiger partial charge in [0.1, 0.15) is 11.5 Å². The van der Waals surface area contributed by atoms with Gasteiger partial charge in [-0.15, -0.1) is 0 Å². The predicted octanol–water partition coefficient (Wildman–Crippen LogP) is 2.79. The van der Waals surface area contributed by atoms with Crippen molar-refractivity contribution in [1.29, 1.82) is 0 Å². The highest BCUT2D eigenvalue weighted by Crippen LogP contribution is 2.64. The Morgan fingerprint density at radius 2 is 1.62 bits per heavy atom. The number of hydrogen-bond donors (Lipinski definition) is 4. The summed E-state index contributed by atoms with van der Waals surface area (Å²) in [6, 6.07) is 19.1. The van der Waals surface area contributed by atoms with Crippen molar-refractivity contribution in [2.45, 2.75) is 80.2 Å². The van der Waals surface area contributed by atoms with Crippen molar-refractivity contribution >= 4 is 23.9 Å². The highest BCUT2D eigenvalue weighted by Gasteiger charge is 2.70. The summed E-state index contributed by atoms with van der Waals surface area (Å²) in [4.78, 5) is 54.0. The number of likely N-dealkylation sites (tertiary alicyclic amines) is 1. The number of esters is 3. The number of benzene rings is 3. The number of carbonyl (C=O) groups is 4. The Hall–Kier alpha value is -5.08. The minimum atomic E-state index is -2.03. The second-order valence-corrected chi connectivity index (χ2v) is 13.7. The van der Waals surface area contributed by atoms with E-state index in [9.17, 15) is 39.6 Å². The van der Waals surface area contributed by atoms with Crippen LogP contribution in [0.2, 0.25) is 0 Å². The van der Waals surface area contributed by atoms with Crippen molar-refractivity contribution in [3.63, 3.8) is 0 Å². The zero-order valence-corrected chi connectivity index (χ0v) is 28.3. The smallest absolute Gasteiger partial charge is 0.353 e. The van der Waals surface area contributed by atoms with Crippen molar-refractivity contribution in [3.05, 3.63) is 112 Å². The van der Waals surface area contributed by atoms with Crippen molar-refractivity contribution in [3.8, 4) is 5.75 Å². The standard InChI is InChI=1S/C39H39NO12/c1-40-18-8-16-38-30-24-13-14-25(21-41)31(30)51-34(38)27(15-17-39(38,48)28(40)19-24)49-36(46)26(42)20-29(43)50-33(23-11-6-3-7-12-23)37(47)52-32(35(44)45)22-9-4-2-5-10-22/h2-7,9-15,26,28,32-34,41-42,48H,8,16-21H2,1H3,(H,44,45)/t26-,28+,32-,33-,34-,38-,39+/m0/s1. The molecule has 13 nitrogen and oxygen atoms in total. The highest BCUT2D eigenvalue weighted by atomic mass is 16.6. The Bertz CT molecular complexity index is 1910. The number of aliphatic hydroxyl groups excluding tert-OH is 2. The zero-order chi connectivity index (χ0) is 36.8. The molecule has 2 heterocycles. The van der Waals surface area contributed by atoms with Gasteiger partial charge < -0.3 is 44.3 Å². The number of aliphatic carboxylic acids is 1. The number of carbonyl (C=O) groups excluding carboxylic acids is 3. The molecule has 0 radical (unpaired) electrons. The number of carboxylic acids is 1. The summed E-state index contributed by atoms with van der Waals surface area (Å²) in [5, 5.41) is 43.4. The van der Waals surface area contributed by atoms with E-state index in [1.54, 1.807) is 48.5 Å². The third-order valence-electron chi connectivity index (χ3n) is 10.8.